The Bertz CT molecular complexity index is 806. The van der Waals surface area contributed by atoms with Crippen molar-refractivity contribution in [3.05, 3.63) is 28.8 Å². The summed E-state index contributed by atoms with van der Waals surface area (Å²) in [4.78, 5) is 29.0. The van der Waals surface area contributed by atoms with Gasteiger partial charge in [-0.15, -0.1) is 0 Å². The molecule has 28 heavy (non-hydrogen) atoms. The molecule has 1 saturated carbocycles. The van der Waals surface area contributed by atoms with E-state index in [1.165, 1.54) is 29.7 Å². The molecule has 0 N–H and O–H groups in total. The van der Waals surface area contributed by atoms with Crippen molar-refractivity contribution >= 4 is 29.4 Å². The predicted octanol–water partition coefficient (Wildman–Crippen LogP) is 3.81. The molecule has 0 aromatic heterocycles. The van der Waals surface area contributed by atoms with Crippen LogP contribution in [0.3, 0.4) is 0 Å². The second-order valence-corrected chi connectivity index (χ2v) is 9.46. The minimum atomic E-state index is -0.627. The lowest BCUT2D eigenvalue weighted by molar-refractivity contribution is -0.145. The van der Waals surface area contributed by atoms with E-state index in [2.05, 4.69) is 17.0 Å². The van der Waals surface area contributed by atoms with Crippen LogP contribution >= 0.6 is 11.6 Å². The van der Waals surface area contributed by atoms with Crippen LogP contribution in [-0.2, 0) is 14.3 Å². The van der Waals surface area contributed by atoms with E-state index in [1.54, 1.807) is 0 Å². The lowest BCUT2D eigenvalue weighted by Crippen LogP contribution is -2.45. The number of benzene rings is 1. The van der Waals surface area contributed by atoms with Crippen LogP contribution in [0.2, 0.25) is 5.02 Å². The highest BCUT2D eigenvalue weighted by molar-refractivity contribution is 6.30. The summed E-state index contributed by atoms with van der Waals surface area (Å²) in [6.07, 6.45) is 1.24. The molecule has 0 spiro atoms. The van der Waals surface area contributed by atoms with Crippen LogP contribution in [-0.4, -0.2) is 54.8 Å². The first-order valence-electron chi connectivity index (χ1n) is 9.81. The van der Waals surface area contributed by atoms with Gasteiger partial charge >= 0.3 is 12.1 Å². The predicted molar refractivity (Wildman–Crippen MR) is 107 cm³/mol. The van der Waals surface area contributed by atoms with Gasteiger partial charge in [0.05, 0.1) is 7.11 Å². The Balaban J connectivity index is 1.60. The zero-order valence-corrected chi connectivity index (χ0v) is 17.5. The number of fused-ring (bicyclic) bond motifs is 3. The second kappa shape index (κ2) is 6.83. The number of esters is 1. The topological polar surface area (TPSA) is 59.1 Å². The van der Waals surface area contributed by atoms with E-state index in [4.69, 9.17) is 21.1 Å². The highest BCUT2D eigenvalue weighted by atomic mass is 35.5. The molecule has 152 valence electrons. The molecule has 7 heteroatoms. The Labute approximate surface area is 170 Å². The van der Waals surface area contributed by atoms with Gasteiger partial charge in [-0.05, 0) is 62.8 Å². The maximum Gasteiger partial charge on any atom is 0.411 e. The van der Waals surface area contributed by atoms with Gasteiger partial charge in [0.25, 0.3) is 0 Å². The maximum atomic E-state index is 12.7. The number of rotatable bonds is 2. The van der Waals surface area contributed by atoms with E-state index in [-0.39, 0.29) is 6.04 Å². The molecule has 2 aliphatic heterocycles. The molecule has 2 fully saturated rings. The van der Waals surface area contributed by atoms with E-state index in [0.717, 1.165) is 11.6 Å². The molecule has 4 rings (SSSR count). The Hall–Kier alpha value is -1.95. The molecule has 0 radical (unpaired) electrons. The molecule has 2 heterocycles. The van der Waals surface area contributed by atoms with Crippen LogP contribution in [0.5, 0.6) is 0 Å². The number of likely N-dealkylation sites (tertiary alicyclic amines) is 1. The van der Waals surface area contributed by atoms with Gasteiger partial charge in [0, 0.05) is 36.3 Å². The van der Waals surface area contributed by atoms with Gasteiger partial charge in [-0.25, -0.2) is 9.59 Å². The van der Waals surface area contributed by atoms with Gasteiger partial charge < -0.3 is 14.4 Å². The highest BCUT2D eigenvalue weighted by Crippen LogP contribution is 2.55. The van der Waals surface area contributed by atoms with Crippen molar-refractivity contribution in [2.75, 3.05) is 25.1 Å². The summed E-state index contributed by atoms with van der Waals surface area (Å²) in [5, 5.41) is 0.750. The van der Waals surface area contributed by atoms with Crippen molar-refractivity contribution in [2.45, 2.75) is 57.2 Å². The van der Waals surface area contributed by atoms with Gasteiger partial charge in [-0.2, -0.15) is 0 Å². The first-order valence-corrected chi connectivity index (χ1v) is 10.2. The molecular weight excluding hydrogens is 380 g/mol. The lowest BCUT2D eigenvalue weighted by Gasteiger charge is -2.36. The van der Waals surface area contributed by atoms with Crippen molar-refractivity contribution < 1.29 is 19.1 Å². The molecule has 1 amide bonds. The fraction of sp³-hybridized carbons (Fsp3) is 0.619. The average Bonchev–Trinajstić information content (AvgIpc) is 3.27. The quantitative estimate of drug-likeness (QED) is 0.699. The maximum absolute atomic E-state index is 12.7. The zero-order chi connectivity index (χ0) is 20.2. The van der Waals surface area contributed by atoms with E-state index in [1.807, 2.05) is 26.8 Å². The third-order valence-electron chi connectivity index (χ3n) is 5.87. The normalized spacial score (nSPS) is 28.5. The fourth-order valence-corrected chi connectivity index (χ4v) is 4.71. The average molecular weight is 407 g/mol. The van der Waals surface area contributed by atoms with Crippen molar-refractivity contribution in [2.24, 2.45) is 5.92 Å². The summed E-state index contributed by atoms with van der Waals surface area (Å²) in [6.45, 7) is 6.85. The minimum absolute atomic E-state index is 0.0399. The van der Waals surface area contributed by atoms with E-state index >= 15 is 0 Å². The van der Waals surface area contributed by atoms with Crippen LogP contribution in [0.1, 0.15) is 45.1 Å². The first kappa shape index (κ1) is 19.4. The summed E-state index contributed by atoms with van der Waals surface area (Å²) in [5.74, 6) is 0.814. The summed E-state index contributed by atoms with van der Waals surface area (Å²) in [5.41, 5.74) is 1.84. The van der Waals surface area contributed by atoms with Gasteiger partial charge in [0.2, 0.25) is 0 Å². The van der Waals surface area contributed by atoms with Crippen LogP contribution in [0.15, 0.2) is 18.2 Å². The number of hydrogen-bond donors (Lipinski definition) is 0. The van der Waals surface area contributed by atoms with Crippen LogP contribution in [0, 0.1) is 5.92 Å². The Morgan fingerprint density at radius 3 is 2.61 bits per heavy atom. The minimum Gasteiger partial charge on any atom is -0.467 e. The number of nitrogens with zero attached hydrogens (tertiary/aromatic N) is 2. The van der Waals surface area contributed by atoms with Crippen molar-refractivity contribution in [1.29, 1.82) is 0 Å². The fourth-order valence-electron chi connectivity index (χ4n) is 4.53. The van der Waals surface area contributed by atoms with Gasteiger partial charge in [-0.1, -0.05) is 11.6 Å². The molecule has 0 bridgehead atoms. The molecule has 2 unspecified atom stereocenters. The van der Waals surface area contributed by atoms with Crippen LogP contribution < -0.4 is 4.90 Å². The van der Waals surface area contributed by atoms with Crippen LogP contribution in [0.4, 0.5) is 10.5 Å². The number of ether oxygens (including phenoxy) is 2. The number of carbonyl (C=O) groups excluding carboxylic acids is 2. The van der Waals surface area contributed by atoms with Gasteiger partial charge in [0.15, 0.2) is 0 Å². The number of methoxy groups -OCH3 is 1. The van der Waals surface area contributed by atoms with Crippen LogP contribution in [0.25, 0.3) is 0 Å². The summed E-state index contributed by atoms with van der Waals surface area (Å²) >= 11 is 6.23. The zero-order valence-electron chi connectivity index (χ0n) is 16.8. The molecule has 1 aliphatic carbocycles. The Morgan fingerprint density at radius 1 is 1.18 bits per heavy atom. The smallest absolute Gasteiger partial charge is 0.411 e. The third kappa shape index (κ3) is 3.54. The number of amides is 1. The number of carbonyl (C=O) groups is 2. The Kier molecular flexibility index (Phi) is 4.73. The largest absolute Gasteiger partial charge is 0.467 e. The SMILES string of the molecule is COC(=O)[C@H]1C[C@H](N2CC3CC3c3cc(Cl)ccc32)CN1C(=O)OC(C)(C)C. The molecular formula is C21H27ClN2O4. The van der Waals surface area contributed by atoms with Gasteiger partial charge in [0.1, 0.15) is 11.6 Å². The number of hydrogen-bond acceptors (Lipinski definition) is 5. The summed E-state index contributed by atoms with van der Waals surface area (Å²) in [7, 11) is 1.36. The molecule has 1 aromatic carbocycles. The number of anilines is 1. The molecule has 1 saturated heterocycles. The summed E-state index contributed by atoms with van der Waals surface area (Å²) < 4.78 is 10.5. The highest BCUT2D eigenvalue weighted by Gasteiger charge is 2.50. The van der Waals surface area contributed by atoms with E-state index in [0.29, 0.717) is 24.8 Å². The molecule has 4 atom stereocenters. The van der Waals surface area contributed by atoms with Crippen molar-refractivity contribution in [1.82, 2.24) is 4.90 Å². The standard InChI is InChI=1S/C21H27ClN2O4/c1-21(2,3)28-20(26)24-11-14(9-18(24)19(25)27-4)23-10-12-7-15(12)16-8-13(22)5-6-17(16)23/h5-6,8,12,14-15,18H,7,9-11H2,1-4H3/t12?,14-,15?,18+/m0/s1. The van der Waals surface area contributed by atoms with Crippen molar-refractivity contribution in [3.63, 3.8) is 0 Å². The third-order valence-corrected chi connectivity index (χ3v) is 6.11. The molecule has 6 nitrogen and oxygen atoms in total. The monoisotopic (exact) mass is 406 g/mol. The Morgan fingerprint density at radius 2 is 1.93 bits per heavy atom. The van der Waals surface area contributed by atoms with Gasteiger partial charge in [-0.3, -0.25) is 4.90 Å². The molecule has 3 aliphatic rings. The second-order valence-electron chi connectivity index (χ2n) is 9.02. The van der Waals surface area contributed by atoms with E-state index in [9.17, 15) is 9.59 Å². The first-order chi connectivity index (χ1) is 13.2. The van der Waals surface area contributed by atoms with E-state index < -0.39 is 23.7 Å². The number of halogens is 1. The van der Waals surface area contributed by atoms with Crippen molar-refractivity contribution in [3.8, 4) is 0 Å². The lowest BCUT2D eigenvalue weighted by atomic mass is 9.99. The molecule has 1 aromatic rings. The summed E-state index contributed by atoms with van der Waals surface area (Å²) in [6, 6.07) is 5.45.